The minimum atomic E-state index is -4.98. The number of carbonyl (C=O) groups excluding carboxylic acids is 5. The summed E-state index contributed by atoms with van der Waals surface area (Å²) in [6.45, 7) is 0.136. The van der Waals surface area contributed by atoms with Crippen molar-refractivity contribution >= 4 is 58.5 Å². The Morgan fingerprint density at radius 1 is 1.02 bits per heavy atom. The molecular weight excluding hydrogens is 729 g/mol. The molecule has 4 amide bonds. The largest absolute Gasteiger partial charge is 0.748 e. The van der Waals surface area contributed by atoms with Gasteiger partial charge in [0.05, 0.1) is 43.6 Å². The van der Waals surface area contributed by atoms with Crippen LogP contribution in [-0.4, -0.2) is 120 Å². The highest BCUT2D eigenvalue weighted by Crippen LogP contribution is 2.39. The van der Waals surface area contributed by atoms with Crippen molar-refractivity contribution in [3.8, 4) is 0 Å². The van der Waals surface area contributed by atoms with Crippen LogP contribution in [0, 0.1) is 6.92 Å². The minimum Gasteiger partial charge on any atom is -0.748 e. The summed E-state index contributed by atoms with van der Waals surface area (Å²) >= 11 is 0. The highest BCUT2D eigenvalue weighted by atomic mass is 32.2. The third-order valence-electron chi connectivity index (χ3n) is 9.50. The molecule has 3 aliphatic heterocycles. The zero-order valence-electron chi connectivity index (χ0n) is 31.6. The molecule has 0 bridgehead atoms. The quantitative estimate of drug-likeness (QED) is 0.0659. The second-order valence-corrected chi connectivity index (χ2v) is 16.5. The Labute approximate surface area is 314 Å². The molecule has 1 aromatic heterocycles. The van der Waals surface area contributed by atoms with E-state index in [0.29, 0.717) is 35.0 Å². The lowest BCUT2D eigenvalue weighted by Crippen LogP contribution is -2.51. The first-order valence-electron chi connectivity index (χ1n) is 18.4. The zero-order valence-corrected chi connectivity index (χ0v) is 32.4. The molecule has 1 saturated heterocycles. The summed E-state index contributed by atoms with van der Waals surface area (Å²) in [5.41, 5.74) is 3.10. The van der Waals surface area contributed by atoms with E-state index >= 15 is 8.63 Å². The smallest absolute Gasteiger partial charge is 0.737 e. The summed E-state index contributed by atoms with van der Waals surface area (Å²) in [6.07, 6.45) is 6.69. The number of unbranched alkanes of at least 4 members (excludes halogenated alkanes) is 2. The predicted octanol–water partition coefficient (Wildman–Crippen LogP) is 2.30. The number of amides is 4. The van der Waals surface area contributed by atoms with Crippen molar-refractivity contribution in [2.45, 2.75) is 96.9 Å². The number of fused-ring (bicyclic) bond motifs is 2. The highest BCUT2D eigenvalue weighted by molar-refractivity contribution is 7.85. The molecule has 2 N–H and O–H groups in total. The lowest BCUT2D eigenvalue weighted by atomic mass is 9.88. The number of aryl methyl sites for hydroxylation is 2. The van der Waals surface area contributed by atoms with Gasteiger partial charge in [-0.25, -0.2) is 13.2 Å². The first-order chi connectivity index (χ1) is 25.2. The number of imide groups is 1. The van der Waals surface area contributed by atoms with Gasteiger partial charge < -0.3 is 42.1 Å². The number of nitrogens with one attached hydrogen (secondary N) is 2. The molecule has 0 aliphatic carbocycles. The SMILES string of the molecule is CCCCC1=CC(CCC(=O)NC(CS(=O)(=O)[O-])C(=O)NCCCCC(=O)ON2C(=O)CCC2=O)=[N+]2C1=Cc1c(CCC[N+](C)(C)C)cc(C)n1[B-]2(F)F. The van der Waals surface area contributed by atoms with Crippen molar-refractivity contribution < 1.29 is 59.4 Å². The molecule has 1 fully saturated rings. The number of quaternary nitrogens is 1. The third-order valence-corrected chi connectivity index (χ3v) is 10.2. The molecule has 19 heteroatoms. The Morgan fingerprint density at radius 3 is 2.33 bits per heavy atom. The fraction of sp³-hybridized carbons (Fsp3) is 0.600. The summed E-state index contributed by atoms with van der Waals surface area (Å²) < 4.78 is 70.9. The summed E-state index contributed by atoms with van der Waals surface area (Å²) in [6, 6.07) is 0.0613. The fourth-order valence-corrected chi connectivity index (χ4v) is 7.52. The number of halogens is 2. The van der Waals surface area contributed by atoms with E-state index in [2.05, 4.69) is 31.8 Å². The van der Waals surface area contributed by atoms with Crippen LogP contribution in [-0.2, 0) is 45.3 Å². The van der Waals surface area contributed by atoms with Gasteiger partial charge in [-0.3, -0.25) is 19.2 Å². The van der Waals surface area contributed by atoms with Gasteiger partial charge in [-0.1, -0.05) is 13.3 Å². The van der Waals surface area contributed by atoms with Gasteiger partial charge in [0.1, 0.15) is 11.8 Å². The molecule has 0 radical (unpaired) electrons. The van der Waals surface area contributed by atoms with Crippen LogP contribution in [0.5, 0.6) is 0 Å². The van der Waals surface area contributed by atoms with Gasteiger partial charge in [-0.15, -0.1) is 5.06 Å². The van der Waals surface area contributed by atoms with Gasteiger partial charge in [0, 0.05) is 68.5 Å². The molecule has 298 valence electrons. The normalized spacial score (nSPS) is 17.2. The first kappa shape index (κ1) is 42.5. The molecule has 1 unspecified atom stereocenters. The molecule has 0 spiro atoms. The number of rotatable bonds is 20. The Hall–Kier alpha value is -4.23. The van der Waals surface area contributed by atoms with Crippen LogP contribution in [0.3, 0.4) is 0 Å². The lowest BCUT2D eigenvalue weighted by molar-refractivity contribution is -0.870. The molecule has 1 atom stereocenters. The van der Waals surface area contributed by atoms with Crippen molar-refractivity contribution in [3.05, 3.63) is 40.4 Å². The number of hydrogen-bond donors (Lipinski definition) is 2. The van der Waals surface area contributed by atoms with E-state index in [1.54, 1.807) is 19.1 Å². The van der Waals surface area contributed by atoms with Crippen LogP contribution in [0.1, 0.15) is 94.5 Å². The van der Waals surface area contributed by atoms with Crippen molar-refractivity contribution in [1.82, 2.24) is 20.2 Å². The van der Waals surface area contributed by atoms with E-state index in [9.17, 15) is 36.9 Å². The Balaban J connectivity index is 1.41. The van der Waals surface area contributed by atoms with Gasteiger partial charge in [-0.05, 0) is 56.4 Å². The number of hydrogen-bond acceptors (Lipinski definition) is 9. The van der Waals surface area contributed by atoms with E-state index in [1.807, 2.05) is 13.0 Å². The van der Waals surface area contributed by atoms with E-state index in [-0.39, 0.29) is 57.2 Å². The number of nitrogens with zero attached hydrogens (tertiary/aromatic N) is 4. The van der Waals surface area contributed by atoms with Gasteiger partial charge in [0.15, 0.2) is 5.70 Å². The van der Waals surface area contributed by atoms with Gasteiger partial charge in [0.25, 0.3) is 11.8 Å². The van der Waals surface area contributed by atoms with Crippen LogP contribution in [0.4, 0.5) is 8.63 Å². The first-order valence-corrected chi connectivity index (χ1v) is 20.0. The van der Waals surface area contributed by atoms with Gasteiger partial charge in [-0.2, -0.15) is 0 Å². The Morgan fingerprint density at radius 2 is 1.70 bits per heavy atom. The number of hydroxylamine groups is 2. The molecular formula is C35H51BF2N6O9S. The standard InChI is InChI=1S/C35H51BF2N6O9S/c1-6-7-11-26-21-27(42-30(26)22-29-25(12-10-19-44(3,4)5)20-24(2)41(29)36(42,37)38)14-15-31(45)40-28(23-54(50,51)52)35(49)39-18-9-8-13-34(48)53-43-32(46)16-17-33(43)47/h20-22,28H,6-19,23H2,1-5H3,(H2-,39,40,45,49,50,51,52). The van der Waals surface area contributed by atoms with E-state index < -0.39 is 58.5 Å². The average molecular weight is 781 g/mol. The van der Waals surface area contributed by atoms with E-state index in [1.165, 1.54) is 0 Å². The predicted molar refractivity (Wildman–Crippen MR) is 194 cm³/mol. The summed E-state index contributed by atoms with van der Waals surface area (Å²) in [5.74, 6) is -5.08. The van der Waals surface area contributed by atoms with Crippen molar-refractivity contribution in [1.29, 1.82) is 0 Å². The molecule has 54 heavy (non-hydrogen) atoms. The molecule has 1 aromatic rings. The van der Waals surface area contributed by atoms with E-state index in [4.69, 9.17) is 4.84 Å². The third kappa shape index (κ3) is 10.9. The molecule has 0 saturated carbocycles. The zero-order chi connectivity index (χ0) is 40.0. The number of aromatic nitrogens is 1. The van der Waals surface area contributed by atoms with Crippen LogP contribution < -0.4 is 10.6 Å². The number of carbonyl (C=O) groups is 5. The summed E-state index contributed by atoms with van der Waals surface area (Å²) in [5, 5.41) is 5.11. The molecule has 4 heterocycles. The summed E-state index contributed by atoms with van der Waals surface area (Å²) in [4.78, 5) is 65.9. The van der Waals surface area contributed by atoms with Crippen LogP contribution >= 0.6 is 0 Å². The van der Waals surface area contributed by atoms with E-state index in [0.717, 1.165) is 50.4 Å². The van der Waals surface area contributed by atoms with Crippen LogP contribution in [0.15, 0.2) is 23.4 Å². The maximum atomic E-state index is 16.6. The fourth-order valence-electron chi connectivity index (χ4n) is 6.88. The van der Waals surface area contributed by atoms with Crippen LogP contribution in [0.25, 0.3) is 6.08 Å². The van der Waals surface area contributed by atoms with Gasteiger partial charge in [0.2, 0.25) is 11.8 Å². The van der Waals surface area contributed by atoms with Crippen molar-refractivity contribution in [2.75, 3.05) is 40.0 Å². The maximum absolute atomic E-state index is 16.6. The monoisotopic (exact) mass is 780 g/mol. The molecule has 4 rings (SSSR count). The minimum absolute atomic E-state index is 0.0494. The Bertz CT molecular complexity index is 1850. The van der Waals surface area contributed by atoms with Crippen molar-refractivity contribution in [3.63, 3.8) is 0 Å². The van der Waals surface area contributed by atoms with Gasteiger partial charge >= 0.3 is 12.9 Å². The van der Waals surface area contributed by atoms with Crippen molar-refractivity contribution in [2.24, 2.45) is 0 Å². The Kier molecular flexibility index (Phi) is 13.8. The topological polar surface area (TPSA) is 187 Å². The van der Waals surface area contributed by atoms with Crippen LogP contribution in [0.2, 0.25) is 0 Å². The second-order valence-electron chi connectivity index (χ2n) is 15.1. The maximum Gasteiger partial charge on any atom is 0.737 e. The lowest BCUT2D eigenvalue weighted by Gasteiger charge is -2.31. The number of allylic oxidation sites excluding steroid dienone is 2. The highest BCUT2D eigenvalue weighted by Gasteiger charge is 2.54. The molecule has 0 aromatic carbocycles. The molecule has 3 aliphatic rings. The summed E-state index contributed by atoms with van der Waals surface area (Å²) in [7, 11) is 1.27. The second kappa shape index (κ2) is 17.5. The average Bonchev–Trinajstić information content (AvgIpc) is 3.70. The molecule has 15 nitrogen and oxygen atoms in total.